The van der Waals surface area contributed by atoms with E-state index in [0.717, 1.165) is 63.7 Å². The smallest absolute Gasteiger partial charge is 0.309 e. The standard InChI is InChI=1S/C18H23N3O.C12H18N2O.C11H16N2O2.C7H8O3S.ClH/c1-3-17-15(9-16-10-19-13-20(16)2)12-21(18(17)22)11-14-7-5-4-6-8-14;1-3-11-9(8-13-12(11)15)7-10-5-4-6-14(10)2;1-3-10-8(6-15-11(10)14)4-9-5-12-7-13(9)2;1-6-2-4-7(5-3-6)11(8,9)10;/h4-8,10,13,15,17H,3,9,11-12H2,1-2H3;4-6,9,11H,3,7-8H2,1-2H3,(H,13,15);5,7-8,10H,3-4,6H2,1-2H3;2-5H,1H3,(H,8,9,10);1H/t15-,17?;9-,11+;8-,10?;;/m000../s1. The number of hydrogen-bond donors (Lipinski definition) is 2. The molecule has 2 aromatic carbocycles. The predicted molar refractivity (Wildman–Crippen MR) is 246 cm³/mol. The van der Waals surface area contributed by atoms with Crippen molar-refractivity contribution in [2.45, 2.75) is 77.7 Å². The van der Waals surface area contributed by atoms with E-state index in [1.165, 1.54) is 34.8 Å². The number of halogens is 1. The van der Waals surface area contributed by atoms with E-state index >= 15 is 0 Å². The molecule has 64 heavy (non-hydrogen) atoms. The van der Waals surface area contributed by atoms with Crippen LogP contribution in [-0.4, -0.2) is 74.5 Å². The zero-order chi connectivity index (χ0) is 45.7. The molecule has 3 saturated heterocycles. The van der Waals surface area contributed by atoms with Crippen LogP contribution in [0.2, 0.25) is 0 Å². The van der Waals surface area contributed by atoms with Gasteiger partial charge in [0.15, 0.2) is 0 Å². The summed E-state index contributed by atoms with van der Waals surface area (Å²) in [6.07, 6.45) is 15.2. The summed E-state index contributed by atoms with van der Waals surface area (Å²) in [6.45, 7) is 11.0. The minimum atomic E-state index is -4.27. The molecule has 6 heterocycles. The van der Waals surface area contributed by atoms with E-state index in [9.17, 15) is 27.4 Å². The number of esters is 1. The monoisotopic (exact) mass is 919 g/mol. The number of benzene rings is 2. The number of nitrogens with one attached hydrogen (secondary N) is 2. The third-order valence-corrected chi connectivity index (χ3v) is 13.5. The lowest BCUT2D eigenvalue weighted by molar-refractivity contribution is -0.677. The number of imidazole rings is 2. The minimum absolute atomic E-state index is 0. The summed E-state index contributed by atoms with van der Waals surface area (Å²) in [5.41, 5.74) is 5.87. The third kappa shape index (κ3) is 13.9. The largest absolute Gasteiger partial charge is 0.744 e. The highest BCUT2D eigenvalue weighted by molar-refractivity contribution is 7.85. The lowest BCUT2D eigenvalue weighted by Crippen LogP contribution is -2.32. The molecular weight excluding hydrogens is 854 g/mol. The Morgan fingerprint density at radius 2 is 1.50 bits per heavy atom. The van der Waals surface area contributed by atoms with Gasteiger partial charge in [-0.3, -0.25) is 14.4 Å². The minimum Gasteiger partial charge on any atom is -0.744 e. The Bertz CT molecular complexity index is 2280. The van der Waals surface area contributed by atoms with Gasteiger partial charge in [0.25, 0.3) is 0 Å². The van der Waals surface area contributed by atoms with Crippen molar-refractivity contribution >= 4 is 40.3 Å². The number of carbonyl (C=O) groups excluding carboxylic acids is 3. The molecule has 0 saturated carbocycles. The van der Waals surface area contributed by atoms with Gasteiger partial charge in [-0.15, -0.1) is 12.4 Å². The Hall–Kier alpha value is -5.25. The fourth-order valence-electron chi connectivity index (χ4n) is 8.79. The van der Waals surface area contributed by atoms with Gasteiger partial charge in [-0.2, -0.15) is 0 Å². The summed E-state index contributed by atoms with van der Waals surface area (Å²) in [5, 5.41) is 2.95. The van der Waals surface area contributed by atoms with Gasteiger partial charge in [-0.25, -0.2) is 23.0 Å². The zero-order valence-electron chi connectivity index (χ0n) is 38.2. The second-order valence-corrected chi connectivity index (χ2v) is 18.3. The van der Waals surface area contributed by atoms with Crippen LogP contribution >= 0.6 is 12.4 Å². The topological polar surface area (TPSA) is 175 Å². The van der Waals surface area contributed by atoms with Crippen LogP contribution in [0, 0.1) is 42.4 Å². The number of nitrogens with zero attached hydrogens (tertiary/aromatic N) is 5. The number of carbonyl (C=O) groups is 3. The molecule has 16 heteroatoms. The van der Waals surface area contributed by atoms with Crippen LogP contribution in [0.3, 0.4) is 0 Å². The molecule has 3 aromatic heterocycles. The van der Waals surface area contributed by atoms with Crippen LogP contribution in [0.5, 0.6) is 0 Å². The van der Waals surface area contributed by atoms with Crippen molar-refractivity contribution < 1.29 is 36.7 Å². The average molecular weight is 921 g/mol. The quantitative estimate of drug-likeness (QED) is 0.0886. The molecule has 0 aliphatic carbocycles. The Kier molecular flexibility index (Phi) is 19.4. The summed E-state index contributed by atoms with van der Waals surface area (Å²) in [4.78, 5) is 44.7. The van der Waals surface area contributed by atoms with Gasteiger partial charge in [0.05, 0.1) is 30.8 Å². The second kappa shape index (κ2) is 24.2. The number of hydrogen-bond acceptors (Lipinski definition) is 8. The van der Waals surface area contributed by atoms with Gasteiger partial charge in [0, 0.05) is 81.7 Å². The molecule has 2 unspecified atom stereocenters. The number of H-pyrrole nitrogens is 1. The number of aryl methyl sites for hydroxylation is 4. The Morgan fingerprint density at radius 3 is 2.06 bits per heavy atom. The second-order valence-electron chi connectivity index (χ2n) is 16.9. The van der Waals surface area contributed by atoms with Gasteiger partial charge >= 0.3 is 5.97 Å². The molecule has 14 nitrogen and oxygen atoms in total. The molecule has 3 aliphatic rings. The number of cyclic esters (lactones) is 1. The highest BCUT2D eigenvalue weighted by atomic mass is 35.5. The first-order chi connectivity index (χ1) is 30.1. The SMILES string of the molecule is CCC1C(=O)N(Cc2ccccc2)C[C@@H]1Cc1cncn1C.CCC1C(=O)OC[C@@H]1Cc1c[nH]c[n+]1C.CC[C@H]1C(=O)NC[C@@H]1Cc1cccn1C.Cc1ccc(S(=O)(=O)[O-])cc1.Cl. The molecule has 5 aromatic rings. The van der Waals surface area contributed by atoms with Crippen molar-refractivity contribution in [3.63, 3.8) is 0 Å². The van der Waals surface area contributed by atoms with E-state index in [1.807, 2.05) is 76.1 Å². The number of likely N-dealkylation sites (tertiary alicyclic amines) is 1. The Morgan fingerprint density at radius 1 is 0.828 bits per heavy atom. The normalized spacial score (nSPS) is 21.4. The van der Waals surface area contributed by atoms with Crippen molar-refractivity contribution in [1.29, 1.82) is 0 Å². The lowest BCUT2D eigenvalue weighted by Gasteiger charge is -2.16. The average Bonchev–Trinajstić information content (AvgIpc) is 4.13. The fourth-order valence-corrected chi connectivity index (χ4v) is 9.26. The molecule has 6 atom stereocenters. The van der Waals surface area contributed by atoms with Crippen molar-refractivity contribution in [1.82, 2.24) is 29.3 Å². The lowest BCUT2D eigenvalue weighted by atomic mass is 9.89. The number of aromatic amines is 1. The fraction of sp³-hybridized carbons (Fsp3) is 0.479. The van der Waals surface area contributed by atoms with E-state index in [0.29, 0.717) is 30.3 Å². The molecule has 3 aliphatic heterocycles. The van der Waals surface area contributed by atoms with Gasteiger partial charge < -0.3 is 28.6 Å². The van der Waals surface area contributed by atoms with E-state index in [-0.39, 0.29) is 46.9 Å². The zero-order valence-corrected chi connectivity index (χ0v) is 39.8. The molecule has 348 valence electrons. The summed E-state index contributed by atoms with van der Waals surface area (Å²) >= 11 is 0. The number of aromatic nitrogens is 5. The van der Waals surface area contributed by atoms with Gasteiger partial charge in [0.1, 0.15) is 22.0 Å². The van der Waals surface area contributed by atoms with Crippen molar-refractivity contribution in [3.05, 3.63) is 126 Å². The van der Waals surface area contributed by atoms with Crippen LogP contribution in [0.15, 0.2) is 103 Å². The first kappa shape index (κ1) is 51.4. The summed E-state index contributed by atoms with van der Waals surface area (Å²) in [6, 6.07) is 20.2. The van der Waals surface area contributed by atoms with Gasteiger partial charge in [-0.1, -0.05) is 68.8 Å². The van der Waals surface area contributed by atoms with Crippen LogP contribution in [-0.2, 0) is 76.2 Å². The van der Waals surface area contributed by atoms with Gasteiger partial charge in [0.2, 0.25) is 18.1 Å². The molecule has 2 N–H and O–H groups in total. The highest BCUT2D eigenvalue weighted by Crippen LogP contribution is 2.32. The molecule has 0 radical (unpaired) electrons. The van der Waals surface area contributed by atoms with Crippen molar-refractivity contribution in [2.24, 2.45) is 56.7 Å². The maximum atomic E-state index is 12.7. The van der Waals surface area contributed by atoms with E-state index in [2.05, 4.69) is 80.3 Å². The molecule has 3 fully saturated rings. The Balaban J connectivity index is 0.000000192. The molecule has 0 bridgehead atoms. The summed E-state index contributed by atoms with van der Waals surface area (Å²) in [5.74, 6) is 2.13. The number of rotatable bonds is 12. The van der Waals surface area contributed by atoms with E-state index in [1.54, 1.807) is 12.1 Å². The summed E-state index contributed by atoms with van der Waals surface area (Å²) < 4.78 is 42.5. The molecular formula is C48H66ClN7O7S. The highest BCUT2D eigenvalue weighted by Gasteiger charge is 2.39. The van der Waals surface area contributed by atoms with Crippen molar-refractivity contribution in [3.8, 4) is 0 Å². The molecule has 0 spiro atoms. The maximum Gasteiger partial charge on any atom is 0.309 e. The molecule has 2 amide bonds. The van der Waals surface area contributed by atoms with Crippen LogP contribution in [0.4, 0.5) is 0 Å². The van der Waals surface area contributed by atoms with Crippen molar-refractivity contribution in [2.75, 3.05) is 19.7 Å². The summed E-state index contributed by atoms with van der Waals surface area (Å²) in [7, 11) is 1.81. The van der Waals surface area contributed by atoms with E-state index in [4.69, 9.17) is 4.74 Å². The maximum absolute atomic E-state index is 12.7. The predicted octanol–water partition coefficient (Wildman–Crippen LogP) is 5.89. The first-order valence-corrected chi connectivity index (χ1v) is 23.4. The van der Waals surface area contributed by atoms with E-state index < -0.39 is 10.1 Å². The molecule has 8 rings (SSSR count). The Labute approximate surface area is 385 Å². The van der Waals surface area contributed by atoms with Crippen LogP contribution in [0.25, 0.3) is 0 Å². The van der Waals surface area contributed by atoms with Crippen LogP contribution in [0.1, 0.15) is 68.2 Å². The number of amides is 2. The van der Waals surface area contributed by atoms with Crippen LogP contribution < -0.4 is 9.88 Å². The van der Waals surface area contributed by atoms with Gasteiger partial charge in [-0.05, 0) is 80.7 Å². The number of ether oxygens (including phenoxy) is 1. The third-order valence-electron chi connectivity index (χ3n) is 12.6. The first-order valence-electron chi connectivity index (χ1n) is 22.0.